The maximum absolute atomic E-state index is 11.6. The smallest absolute Gasteiger partial charge is 0.412 e. The summed E-state index contributed by atoms with van der Waals surface area (Å²) in [6, 6.07) is 6.27. The van der Waals surface area contributed by atoms with Gasteiger partial charge in [0, 0.05) is 5.69 Å². The van der Waals surface area contributed by atoms with E-state index in [-0.39, 0.29) is 0 Å². The molecule has 6 nitrogen and oxygen atoms in total. The Hall–Kier alpha value is -2.08. The Morgan fingerprint density at radius 3 is 2.25 bits per heavy atom. The number of carbonyl (C=O) groups excluding carboxylic acids is 2. The molecule has 2 amide bonds. The van der Waals surface area contributed by atoms with E-state index in [9.17, 15) is 9.59 Å². The molecular formula is C14H21N3O3. The molecule has 5 N–H and O–H groups in total. The first kappa shape index (κ1) is 16.0. The molecule has 0 spiro atoms. The number of anilines is 1. The first-order chi connectivity index (χ1) is 9.17. The van der Waals surface area contributed by atoms with Gasteiger partial charge in [0.1, 0.15) is 5.60 Å². The summed E-state index contributed by atoms with van der Waals surface area (Å²) in [6.07, 6.45) is -0.152. The highest BCUT2D eigenvalue weighted by Crippen LogP contribution is 2.13. The van der Waals surface area contributed by atoms with Gasteiger partial charge in [-0.3, -0.25) is 10.1 Å². The second kappa shape index (κ2) is 6.38. The summed E-state index contributed by atoms with van der Waals surface area (Å²) in [7, 11) is 0. The van der Waals surface area contributed by atoms with Crippen molar-refractivity contribution in [3.05, 3.63) is 29.8 Å². The molecule has 0 radical (unpaired) electrons. The molecule has 0 saturated carbocycles. The molecule has 0 bridgehead atoms. The van der Waals surface area contributed by atoms with Crippen LogP contribution in [0.4, 0.5) is 10.5 Å². The number of ether oxygens (including phenoxy) is 1. The van der Waals surface area contributed by atoms with Crippen molar-refractivity contribution >= 4 is 17.7 Å². The zero-order valence-electron chi connectivity index (χ0n) is 12.0. The first-order valence-corrected chi connectivity index (χ1v) is 6.31. The number of nitrogens with one attached hydrogen (secondary N) is 1. The highest BCUT2D eigenvalue weighted by Gasteiger charge is 2.16. The molecule has 0 fully saturated rings. The maximum atomic E-state index is 11.6. The van der Waals surface area contributed by atoms with E-state index in [4.69, 9.17) is 16.2 Å². The molecule has 0 heterocycles. The molecule has 20 heavy (non-hydrogen) atoms. The number of amides is 2. The van der Waals surface area contributed by atoms with Gasteiger partial charge in [-0.05, 0) is 44.9 Å². The van der Waals surface area contributed by atoms with Gasteiger partial charge >= 0.3 is 6.09 Å². The zero-order valence-corrected chi connectivity index (χ0v) is 12.0. The van der Waals surface area contributed by atoms with Crippen molar-refractivity contribution in [3.63, 3.8) is 0 Å². The Bertz CT molecular complexity index is 477. The van der Waals surface area contributed by atoms with Crippen molar-refractivity contribution in [2.75, 3.05) is 5.32 Å². The van der Waals surface area contributed by atoms with Gasteiger partial charge in [-0.25, -0.2) is 4.79 Å². The monoisotopic (exact) mass is 279 g/mol. The fraction of sp³-hybridized carbons (Fsp3) is 0.429. The van der Waals surface area contributed by atoms with Crippen molar-refractivity contribution in [1.29, 1.82) is 0 Å². The van der Waals surface area contributed by atoms with E-state index in [1.54, 1.807) is 45.0 Å². The highest BCUT2D eigenvalue weighted by molar-refractivity contribution is 5.84. The summed E-state index contributed by atoms with van der Waals surface area (Å²) in [5.41, 5.74) is 11.6. The average Bonchev–Trinajstić information content (AvgIpc) is 2.28. The molecule has 1 rings (SSSR count). The minimum absolute atomic E-state index is 0.363. The van der Waals surface area contributed by atoms with Crippen LogP contribution >= 0.6 is 0 Å². The number of primary amides is 1. The molecule has 1 aromatic rings. The topological polar surface area (TPSA) is 107 Å². The molecule has 0 aliphatic rings. The Morgan fingerprint density at radius 2 is 1.80 bits per heavy atom. The van der Waals surface area contributed by atoms with Gasteiger partial charge in [-0.1, -0.05) is 12.1 Å². The van der Waals surface area contributed by atoms with E-state index in [0.29, 0.717) is 12.1 Å². The summed E-state index contributed by atoms with van der Waals surface area (Å²) >= 11 is 0. The second-order valence-corrected chi connectivity index (χ2v) is 5.54. The number of rotatable bonds is 4. The number of benzene rings is 1. The van der Waals surface area contributed by atoms with Crippen LogP contribution in [0.15, 0.2) is 24.3 Å². The van der Waals surface area contributed by atoms with E-state index in [1.807, 2.05) is 0 Å². The van der Waals surface area contributed by atoms with Gasteiger partial charge in [-0.15, -0.1) is 0 Å². The van der Waals surface area contributed by atoms with Crippen molar-refractivity contribution in [1.82, 2.24) is 0 Å². The van der Waals surface area contributed by atoms with Crippen LogP contribution in [-0.4, -0.2) is 23.6 Å². The number of hydrogen-bond donors (Lipinski definition) is 3. The van der Waals surface area contributed by atoms with Crippen molar-refractivity contribution in [2.24, 2.45) is 11.5 Å². The van der Waals surface area contributed by atoms with Crippen LogP contribution in [0.5, 0.6) is 0 Å². The lowest BCUT2D eigenvalue weighted by atomic mass is 10.1. The minimum Gasteiger partial charge on any atom is -0.444 e. The fourth-order valence-corrected chi connectivity index (χ4v) is 1.50. The third-order valence-corrected chi connectivity index (χ3v) is 2.42. The molecule has 1 atom stereocenters. The summed E-state index contributed by atoms with van der Waals surface area (Å²) in [5.74, 6) is -0.541. The normalized spacial score (nSPS) is 12.6. The van der Waals surface area contributed by atoms with Crippen molar-refractivity contribution in [2.45, 2.75) is 38.8 Å². The van der Waals surface area contributed by atoms with E-state index < -0.39 is 23.6 Å². The third-order valence-electron chi connectivity index (χ3n) is 2.42. The fourth-order valence-electron chi connectivity index (χ4n) is 1.50. The Labute approximate surface area is 118 Å². The van der Waals surface area contributed by atoms with Gasteiger partial charge in [-0.2, -0.15) is 0 Å². The number of hydrogen-bond acceptors (Lipinski definition) is 4. The standard InChI is InChI=1S/C14H21N3O3/c1-14(2,3)20-13(19)17-10-6-4-9(5-7-10)8-11(15)12(16)18/h4-7,11H,8,15H2,1-3H3,(H2,16,18)(H,17,19). The lowest BCUT2D eigenvalue weighted by Crippen LogP contribution is -2.38. The van der Waals surface area contributed by atoms with E-state index in [1.165, 1.54) is 0 Å². The Balaban J connectivity index is 2.59. The van der Waals surface area contributed by atoms with Crippen molar-refractivity contribution in [3.8, 4) is 0 Å². The van der Waals surface area contributed by atoms with Crippen LogP contribution in [-0.2, 0) is 16.0 Å². The largest absolute Gasteiger partial charge is 0.444 e. The second-order valence-electron chi connectivity index (χ2n) is 5.54. The summed E-state index contributed by atoms with van der Waals surface area (Å²) in [4.78, 5) is 22.4. The molecule has 0 saturated heterocycles. The van der Waals surface area contributed by atoms with Crippen LogP contribution in [0.25, 0.3) is 0 Å². The van der Waals surface area contributed by atoms with E-state index in [0.717, 1.165) is 5.56 Å². The third kappa shape index (κ3) is 5.71. The maximum Gasteiger partial charge on any atom is 0.412 e. The van der Waals surface area contributed by atoms with Gasteiger partial charge in [0.15, 0.2) is 0 Å². The lowest BCUT2D eigenvalue weighted by molar-refractivity contribution is -0.119. The average molecular weight is 279 g/mol. The predicted octanol–water partition coefficient (Wildman–Crippen LogP) is 1.39. The van der Waals surface area contributed by atoms with Gasteiger partial charge < -0.3 is 16.2 Å². The summed E-state index contributed by atoms with van der Waals surface area (Å²) in [6.45, 7) is 5.38. The van der Waals surface area contributed by atoms with Crippen LogP contribution in [0.2, 0.25) is 0 Å². The summed E-state index contributed by atoms with van der Waals surface area (Å²) in [5, 5.41) is 2.62. The molecule has 110 valence electrons. The van der Waals surface area contributed by atoms with Crippen LogP contribution in [0.1, 0.15) is 26.3 Å². The highest BCUT2D eigenvalue weighted by atomic mass is 16.6. The first-order valence-electron chi connectivity index (χ1n) is 6.31. The molecule has 1 unspecified atom stereocenters. The SMILES string of the molecule is CC(C)(C)OC(=O)Nc1ccc(CC(N)C(N)=O)cc1. The van der Waals surface area contributed by atoms with Gasteiger partial charge in [0.05, 0.1) is 6.04 Å². The molecule has 1 aromatic carbocycles. The number of carbonyl (C=O) groups is 2. The summed E-state index contributed by atoms with van der Waals surface area (Å²) < 4.78 is 5.14. The Kier molecular flexibility index (Phi) is 5.10. The molecule has 0 aliphatic carbocycles. The molecule has 0 aliphatic heterocycles. The minimum atomic E-state index is -0.709. The molecule has 0 aromatic heterocycles. The van der Waals surface area contributed by atoms with E-state index >= 15 is 0 Å². The number of nitrogens with two attached hydrogens (primary N) is 2. The van der Waals surface area contributed by atoms with Gasteiger partial charge in [0.2, 0.25) is 5.91 Å². The van der Waals surface area contributed by atoms with E-state index in [2.05, 4.69) is 5.32 Å². The van der Waals surface area contributed by atoms with Crippen LogP contribution in [0, 0.1) is 0 Å². The predicted molar refractivity (Wildman–Crippen MR) is 77.2 cm³/mol. The van der Waals surface area contributed by atoms with Crippen LogP contribution < -0.4 is 16.8 Å². The zero-order chi connectivity index (χ0) is 15.3. The molecule has 6 heteroatoms. The van der Waals surface area contributed by atoms with Gasteiger partial charge in [0.25, 0.3) is 0 Å². The Morgan fingerprint density at radius 1 is 1.25 bits per heavy atom. The van der Waals surface area contributed by atoms with Crippen LogP contribution in [0.3, 0.4) is 0 Å². The van der Waals surface area contributed by atoms with Crippen molar-refractivity contribution < 1.29 is 14.3 Å². The quantitative estimate of drug-likeness (QED) is 0.774. The molecular weight excluding hydrogens is 258 g/mol. The lowest BCUT2D eigenvalue weighted by Gasteiger charge is -2.19.